The van der Waals surface area contributed by atoms with E-state index >= 15 is 0 Å². The maximum Gasteiger partial charge on any atom is 0.191 e. The lowest BCUT2D eigenvalue weighted by atomic mass is 11.0. The number of rotatable bonds is 4. The minimum atomic E-state index is -1.23. The summed E-state index contributed by atoms with van der Waals surface area (Å²) in [5, 5.41) is 0. The predicted octanol–water partition coefficient (Wildman–Crippen LogP) is 2.30. The van der Waals surface area contributed by atoms with Crippen LogP contribution in [0.4, 0.5) is 0 Å². The lowest BCUT2D eigenvalue weighted by molar-refractivity contribution is 0.353. The normalized spacial score (nSPS) is 41.0. The van der Waals surface area contributed by atoms with Gasteiger partial charge in [-0.2, -0.15) is 0 Å². The van der Waals surface area contributed by atoms with Gasteiger partial charge in [-0.15, -0.1) is 0 Å². The van der Waals surface area contributed by atoms with Gasteiger partial charge in [0.25, 0.3) is 0 Å². The Labute approximate surface area is 77.5 Å². The highest BCUT2D eigenvalue weighted by Gasteiger charge is 2.58. The molecular weight excluding hydrogens is 184 g/mol. The highest BCUT2D eigenvalue weighted by atomic mass is 28.5. The molecule has 0 aliphatic carbocycles. The van der Waals surface area contributed by atoms with E-state index < -0.39 is 16.6 Å². The van der Waals surface area contributed by atoms with E-state index in [2.05, 4.69) is 13.8 Å². The first-order chi connectivity index (χ1) is 5.66. The lowest BCUT2D eigenvalue weighted by Gasteiger charge is -2.50. The predicted molar refractivity (Wildman–Crippen MR) is 56.1 cm³/mol. The number of hydrogen-bond donors (Lipinski definition) is 0. The van der Waals surface area contributed by atoms with Gasteiger partial charge in [0.15, 0.2) is 16.6 Å². The molecule has 1 heterocycles. The van der Waals surface area contributed by atoms with E-state index in [0.29, 0.717) is 0 Å². The summed E-state index contributed by atoms with van der Waals surface area (Å²) in [6, 6.07) is 2.53. The Balaban J connectivity index is 2.52. The highest BCUT2D eigenvalue weighted by molar-refractivity contribution is 7.08. The summed E-state index contributed by atoms with van der Waals surface area (Å²) in [7, 11) is 1.31. The third kappa shape index (κ3) is 1.53. The van der Waals surface area contributed by atoms with E-state index in [9.17, 15) is 0 Å². The summed E-state index contributed by atoms with van der Waals surface area (Å²) >= 11 is 0. The molecule has 12 heavy (non-hydrogen) atoms. The number of hydrogen-bond acceptors (Lipinski definition) is 2. The molecule has 0 aromatic carbocycles. The molecule has 0 amide bonds. The van der Waals surface area contributed by atoms with Gasteiger partial charge in [0, 0.05) is 14.2 Å². The molecule has 4 heteroatoms. The van der Waals surface area contributed by atoms with Crippen LogP contribution in [-0.2, 0) is 8.85 Å². The van der Waals surface area contributed by atoms with Crippen molar-refractivity contribution in [2.75, 3.05) is 14.2 Å². The first-order valence-electron chi connectivity index (χ1n) is 4.76. The third-order valence-corrected chi connectivity index (χ3v) is 18.1. The molecule has 2 nitrogen and oxygen atoms in total. The average Bonchev–Trinajstić information content (AvgIpc) is 2.07. The van der Waals surface area contributed by atoms with E-state index in [1.807, 2.05) is 14.2 Å². The van der Waals surface area contributed by atoms with Gasteiger partial charge in [0.1, 0.15) is 0 Å². The van der Waals surface area contributed by atoms with E-state index in [1.165, 1.54) is 23.4 Å². The van der Waals surface area contributed by atoms with Crippen molar-refractivity contribution < 1.29 is 8.85 Å². The summed E-state index contributed by atoms with van der Waals surface area (Å²) in [5.74, 6) is 0. The molecular formula is C8H20O2Si2. The first kappa shape index (κ1) is 10.4. The molecule has 0 aromatic heterocycles. The zero-order valence-electron chi connectivity index (χ0n) is 8.64. The minimum Gasteiger partial charge on any atom is -0.420 e. The molecule has 0 aromatic rings. The Morgan fingerprint density at radius 3 is 1.42 bits per heavy atom. The summed E-state index contributed by atoms with van der Waals surface area (Å²) in [5.41, 5.74) is 2.67. The summed E-state index contributed by atoms with van der Waals surface area (Å²) in [6.45, 7) is 4.53. The zero-order chi connectivity index (χ0) is 9.24. The fraction of sp³-hybridized carbons (Fsp3) is 1.00. The summed E-state index contributed by atoms with van der Waals surface area (Å²) in [6.07, 6.45) is 0. The smallest absolute Gasteiger partial charge is 0.191 e. The van der Waals surface area contributed by atoms with Gasteiger partial charge in [-0.1, -0.05) is 13.8 Å². The van der Waals surface area contributed by atoms with Crippen molar-refractivity contribution in [3.05, 3.63) is 0 Å². The Morgan fingerprint density at radius 2 is 1.25 bits per heavy atom. The van der Waals surface area contributed by atoms with Crippen molar-refractivity contribution >= 4 is 16.6 Å². The molecule has 72 valence electrons. The van der Waals surface area contributed by atoms with Crippen LogP contribution in [0, 0.1) is 0 Å². The Bertz CT molecular complexity index is 127. The van der Waals surface area contributed by atoms with Gasteiger partial charge in [0.05, 0.1) is 0 Å². The van der Waals surface area contributed by atoms with Crippen LogP contribution in [0.3, 0.4) is 0 Å². The van der Waals surface area contributed by atoms with Crippen molar-refractivity contribution in [2.45, 2.75) is 37.3 Å². The molecule has 1 aliphatic rings. The lowest BCUT2D eigenvalue weighted by Crippen LogP contribution is -2.64. The van der Waals surface area contributed by atoms with E-state index in [-0.39, 0.29) is 0 Å². The third-order valence-electron chi connectivity index (χ3n) is 3.44. The molecule has 1 fully saturated rings. The standard InChI is InChI=1S/C8H20O2Si2/c1-5-11(9-3)7-12(6-2,8-11)10-4/h5-8H2,1-4H3. The fourth-order valence-electron chi connectivity index (χ4n) is 2.20. The molecule has 1 rings (SSSR count). The van der Waals surface area contributed by atoms with Crippen molar-refractivity contribution in [3.8, 4) is 0 Å². The van der Waals surface area contributed by atoms with Gasteiger partial charge in [-0.3, -0.25) is 0 Å². The van der Waals surface area contributed by atoms with Crippen LogP contribution in [0.2, 0.25) is 23.4 Å². The van der Waals surface area contributed by atoms with Crippen LogP contribution in [0.25, 0.3) is 0 Å². The van der Waals surface area contributed by atoms with Crippen molar-refractivity contribution in [3.63, 3.8) is 0 Å². The molecule has 1 saturated heterocycles. The van der Waals surface area contributed by atoms with Crippen LogP contribution in [0.1, 0.15) is 13.8 Å². The summed E-state index contributed by atoms with van der Waals surface area (Å²) < 4.78 is 11.4. The molecule has 0 atom stereocenters. The zero-order valence-corrected chi connectivity index (χ0v) is 10.6. The van der Waals surface area contributed by atoms with E-state index in [0.717, 1.165) is 0 Å². The molecule has 0 unspecified atom stereocenters. The van der Waals surface area contributed by atoms with Crippen molar-refractivity contribution in [1.29, 1.82) is 0 Å². The molecule has 0 bridgehead atoms. The fourth-order valence-corrected chi connectivity index (χ4v) is 18.1. The monoisotopic (exact) mass is 204 g/mol. The van der Waals surface area contributed by atoms with E-state index in [4.69, 9.17) is 8.85 Å². The SMILES string of the molecule is CC[Si]1(OC)C[Si](CC)(OC)C1. The van der Waals surface area contributed by atoms with Crippen LogP contribution in [0.15, 0.2) is 0 Å². The van der Waals surface area contributed by atoms with Gasteiger partial charge >= 0.3 is 0 Å². The second-order valence-electron chi connectivity index (χ2n) is 3.83. The second kappa shape index (κ2) is 3.61. The maximum absolute atomic E-state index is 5.68. The van der Waals surface area contributed by atoms with Crippen LogP contribution in [-0.4, -0.2) is 30.9 Å². The van der Waals surface area contributed by atoms with Gasteiger partial charge in [-0.25, -0.2) is 0 Å². The van der Waals surface area contributed by atoms with Gasteiger partial charge in [0.2, 0.25) is 0 Å². The quantitative estimate of drug-likeness (QED) is 0.654. The average molecular weight is 204 g/mol. The van der Waals surface area contributed by atoms with Crippen molar-refractivity contribution in [1.82, 2.24) is 0 Å². The molecule has 0 radical (unpaired) electrons. The Hall–Kier alpha value is 0.354. The molecule has 0 N–H and O–H groups in total. The topological polar surface area (TPSA) is 18.5 Å². The highest BCUT2D eigenvalue weighted by Crippen LogP contribution is 2.45. The Morgan fingerprint density at radius 1 is 0.917 bits per heavy atom. The first-order valence-corrected chi connectivity index (χ1v) is 9.82. The van der Waals surface area contributed by atoms with Gasteiger partial charge < -0.3 is 8.85 Å². The van der Waals surface area contributed by atoms with Crippen LogP contribution in [0.5, 0.6) is 0 Å². The second-order valence-corrected chi connectivity index (χ2v) is 13.6. The maximum atomic E-state index is 5.68. The van der Waals surface area contributed by atoms with Crippen molar-refractivity contribution in [2.24, 2.45) is 0 Å². The minimum absolute atomic E-state index is 1.23. The largest absolute Gasteiger partial charge is 0.420 e. The van der Waals surface area contributed by atoms with Crippen LogP contribution < -0.4 is 0 Å². The van der Waals surface area contributed by atoms with E-state index in [1.54, 1.807) is 0 Å². The molecule has 0 saturated carbocycles. The summed E-state index contributed by atoms with van der Waals surface area (Å²) in [4.78, 5) is 0. The molecule has 1 aliphatic heterocycles. The Kier molecular flexibility index (Phi) is 3.14. The molecule has 0 spiro atoms. The van der Waals surface area contributed by atoms with Gasteiger partial charge in [-0.05, 0) is 23.4 Å². The van der Waals surface area contributed by atoms with Crippen LogP contribution >= 0.6 is 0 Å².